The van der Waals surface area contributed by atoms with Crippen LogP contribution < -0.4 is 5.32 Å². The molecule has 0 aliphatic heterocycles. The summed E-state index contributed by atoms with van der Waals surface area (Å²) in [6.07, 6.45) is 2.17. The van der Waals surface area contributed by atoms with E-state index in [1.807, 2.05) is 37.3 Å². The zero-order chi connectivity index (χ0) is 16.9. The molecule has 24 heavy (non-hydrogen) atoms. The molecule has 3 rings (SSSR count). The van der Waals surface area contributed by atoms with E-state index in [9.17, 15) is 9.18 Å². The smallest absolute Gasteiger partial charge is 0.234 e. The summed E-state index contributed by atoms with van der Waals surface area (Å²) >= 11 is 0. The number of benzene rings is 2. The van der Waals surface area contributed by atoms with Crippen LogP contribution in [-0.2, 0) is 17.9 Å². The maximum atomic E-state index is 13.9. The van der Waals surface area contributed by atoms with Gasteiger partial charge in [0, 0.05) is 24.7 Å². The van der Waals surface area contributed by atoms with Crippen molar-refractivity contribution >= 4 is 5.91 Å². The fourth-order valence-corrected chi connectivity index (χ4v) is 2.84. The van der Waals surface area contributed by atoms with E-state index in [2.05, 4.69) is 10.2 Å². The average molecular weight is 326 g/mol. The number of hydrogen-bond donors (Lipinski definition) is 1. The molecule has 0 aromatic heterocycles. The first-order chi connectivity index (χ1) is 11.6. The minimum absolute atomic E-state index is 0.0125. The topological polar surface area (TPSA) is 32.3 Å². The zero-order valence-electron chi connectivity index (χ0n) is 14.0. The van der Waals surface area contributed by atoms with Crippen molar-refractivity contribution in [2.45, 2.75) is 38.9 Å². The van der Waals surface area contributed by atoms with Crippen LogP contribution in [0.25, 0.3) is 0 Å². The summed E-state index contributed by atoms with van der Waals surface area (Å²) in [6, 6.07) is 15.2. The first-order valence-corrected chi connectivity index (χ1v) is 8.42. The predicted octanol–water partition coefficient (Wildman–Crippen LogP) is 3.41. The Kier molecular flexibility index (Phi) is 5.26. The van der Waals surface area contributed by atoms with Gasteiger partial charge in [0.15, 0.2) is 0 Å². The molecule has 2 aromatic carbocycles. The van der Waals surface area contributed by atoms with Gasteiger partial charge in [0.1, 0.15) is 5.82 Å². The maximum Gasteiger partial charge on any atom is 0.234 e. The molecule has 0 unspecified atom stereocenters. The van der Waals surface area contributed by atoms with Gasteiger partial charge in [0.05, 0.1) is 6.54 Å². The summed E-state index contributed by atoms with van der Waals surface area (Å²) in [7, 11) is 0. The number of amides is 1. The van der Waals surface area contributed by atoms with E-state index < -0.39 is 0 Å². The van der Waals surface area contributed by atoms with Gasteiger partial charge in [0.25, 0.3) is 0 Å². The fourth-order valence-electron chi connectivity index (χ4n) is 2.84. The summed E-state index contributed by atoms with van der Waals surface area (Å²) < 4.78 is 13.9. The van der Waals surface area contributed by atoms with Crippen molar-refractivity contribution in [1.29, 1.82) is 0 Å². The molecule has 0 radical (unpaired) electrons. The lowest BCUT2D eigenvalue weighted by molar-refractivity contribution is -0.122. The number of aryl methyl sites for hydroxylation is 1. The van der Waals surface area contributed by atoms with Crippen molar-refractivity contribution in [3.05, 3.63) is 71.0 Å². The Hall–Kier alpha value is -2.20. The summed E-state index contributed by atoms with van der Waals surface area (Å²) in [4.78, 5) is 14.4. The number of hydrogen-bond acceptors (Lipinski definition) is 2. The number of carbonyl (C=O) groups is 1. The van der Waals surface area contributed by atoms with E-state index in [4.69, 9.17) is 0 Å². The fraction of sp³-hybridized carbons (Fsp3) is 0.350. The monoisotopic (exact) mass is 326 g/mol. The van der Waals surface area contributed by atoms with Crippen LogP contribution >= 0.6 is 0 Å². The molecule has 1 N–H and O–H groups in total. The lowest BCUT2D eigenvalue weighted by atomic mass is 10.1. The van der Waals surface area contributed by atoms with Crippen LogP contribution in [0.1, 0.15) is 29.5 Å². The van der Waals surface area contributed by atoms with E-state index in [1.165, 1.54) is 11.6 Å². The quantitative estimate of drug-likeness (QED) is 0.845. The van der Waals surface area contributed by atoms with Crippen molar-refractivity contribution in [2.75, 3.05) is 6.54 Å². The highest BCUT2D eigenvalue weighted by Gasteiger charge is 2.30. The van der Waals surface area contributed by atoms with Gasteiger partial charge in [-0.05, 0) is 37.0 Å². The highest BCUT2D eigenvalue weighted by atomic mass is 19.1. The third kappa shape index (κ3) is 4.42. The van der Waals surface area contributed by atoms with Crippen molar-refractivity contribution < 1.29 is 9.18 Å². The molecule has 1 aliphatic rings. The number of halogens is 1. The number of rotatable bonds is 7. The molecule has 2 aromatic rings. The van der Waals surface area contributed by atoms with Crippen molar-refractivity contribution in [2.24, 2.45) is 0 Å². The molecule has 1 saturated carbocycles. The number of nitrogens with zero attached hydrogens (tertiary/aromatic N) is 1. The summed E-state index contributed by atoms with van der Waals surface area (Å²) in [5, 5.41) is 2.98. The molecule has 0 atom stereocenters. The molecule has 1 amide bonds. The highest BCUT2D eigenvalue weighted by molar-refractivity contribution is 5.78. The first kappa shape index (κ1) is 16.7. The Balaban J connectivity index is 1.57. The molecule has 1 fully saturated rings. The summed E-state index contributed by atoms with van der Waals surface area (Å²) in [5.41, 5.74) is 2.94. The molecule has 3 nitrogen and oxygen atoms in total. The van der Waals surface area contributed by atoms with Gasteiger partial charge < -0.3 is 5.32 Å². The highest BCUT2D eigenvalue weighted by Crippen LogP contribution is 2.28. The van der Waals surface area contributed by atoms with Gasteiger partial charge >= 0.3 is 0 Å². The lowest BCUT2D eigenvalue weighted by Crippen LogP contribution is -2.38. The molecule has 0 bridgehead atoms. The minimum atomic E-state index is -0.205. The van der Waals surface area contributed by atoms with Crippen LogP contribution in [0.15, 0.2) is 48.5 Å². The molecule has 4 heteroatoms. The van der Waals surface area contributed by atoms with Crippen molar-refractivity contribution in [3.63, 3.8) is 0 Å². The van der Waals surface area contributed by atoms with Gasteiger partial charge in [0.2, 0.25) is 5.91 Å². The molecule has 126 valence electrons. The third-order valence-electron chi connectivity index (χ3n) is 4.48. The Morgan fingerprint density at radius 1 is 1.12 bits per heavy atom. The van der Waals surface area contributed by atoms with Crippen LogP contribution in [0, 0.1) is 12.7 Å². The standard InChI is InChI=1S/C20H23FN2O/c1-15-6-2-3-7-16(15)12-22-20(24)14-23(18-10-11-18)13-17-8-4-5-9-19(17)21/h2-9,18H,10-14H2,1H3,(H,22,24). The van der Waals surface area contributed by atoms with Gasteiger partial charge in [-0.3, -0.25) is 9.69 Å². The molecular formula is C20H23FN2O. The zero-order valence-corrected chi connectivity index (χ0v) is 14.0. The Bertz CT molecular complexity index is 712. The predicted molar refractivity (Wildman–Crippen MR) is 92.9 cm³/mol. The van der Waals surface area contributed by atoms with E-state index in [0.717, 1.165) is 18.4 Å². The Labute approximate surface area is 142 Å². The van der Waals surface area contributed by atoms with Crippen LogP contribution in [0.3, 0.4) is 0 Å². The van der Waals surface area contributed by atoms with Crippen molar-refractivity contribution in [1.82, 2.24) is 10.2 Å². The van der Waals surface area contributed by atoms with Crippen LogP contribution in [0.4, 0.5) is 4.39 Å². The second-order valence-electron chi connectivity index (χ2n) is 6.43. The number of carbonyl (C=O) groups excluding carboxylic acids is 1. The largest absolute Gasteiger partial charge is 0.351 e. The van der Waals surface area contributed by atoms with Gasteiger partial charge in [-0.2, -0.15) is 0 Å². The molecule has 0 saturated heterocycles. The second-order valence-corrected chi connectivity index (χ2v) is 6.43. The van der Waals surface area contributed by atoms with E-state index in [-0.39, 0.29) is 11.7 Å². The van der Waals surface area contributed by atoms with Gasteiger partial charge in [-0.15, -0.1) is 0 Å². The second kappa shape index (κ2) is 7.58. The maximum absolute atomic E-state index is 13.9. The SMILES string of the molecule is Cc1ccccc1CNC(=O)CN(Cc1ccccc1F)C1CC1. The normalized spacial score (nSPS) is 14.0. The van der Waals surface area contributed by atoms with E-state index >= 15 is 0 Å². The molecule has 0 heterocycles. The molecule has 1 aliphatic carbocycles. The summed E-state index contributed by atoms with van der Waals surface area (Å²) in [5.74, 6) is -0.218. The Morgan fingerprint density at radius 2 is 1.79 bits per heavy atom. The lowest BCUT2D eigenvalue weighted by Gasteiger charge is -2.22. The van der Waals surface area contributed by atoms with E-state index in [1.54, 1.807) is 12.1 Å². The first-order valence-electron chi connectivity index (χ1n) is 8.42. The van der Waals surface area contributed by atoms with Gasteiger partial charge in [-0.1, -0.05) is 42.5 Å². The van der Waals surface area contributed by atoms with Gasteiger partial charge in [-0.25, -0.2) is 4.39 Å². The van der Waals surface area contributed by atoms with Crippen LogP contribution in [0.5, 0.6) is 0 Å². The Morgan fingerprint density at radius 3 is 2.46 bits per heavy atom. The molecule has 0 spiro atoms. The van der Waals surface area contributed by atoms with Crippen molar-refractivity contribution in [3.8, 4) is 0 Å². The number of nitrogens with one attached hydrogen (secondary N) is 1. The molecular weight excluding hydrogens is 303 g/mol. The summed E-state index contributed by atoms with van der Waals surface area (Å²) in [6.45, 7) is 3.36. The van der Waals surface area contributed by atoms with Crippen LogP contribution in [0.2, 0.25) is 0 Å². The van der Waals surface area contributed by atoms with E-state index in [0.29, 0.717) is 31.2 Å². The minimum Gasteiger partial charge on any atom is -0.351 e. The van der Waals surface area contributed by atoms with Crippen LogP contribution in [-0.4, -0.2) is 23.4 Å². The third-order valence-corrected chi connectivity index (χ3v) is 4.48. The average Bonchev–Trinajstić information content (AvgIpc) is 3.40.